The summed E-state index contributed by atoms with van der Waals surface area (Å²) < 4.78 is 1.96. The van der Waals surface area contributed by atoms with Gasteiger partial charge in [-0.25, -0.2) is 0 Å². The van der Waals surface area contributed by atoms with Crippen molar-refractivity contribution < 1.29 is 0 Å². The summed E-state index contributed by atoms with van der Waals surface area (Å²) in [4.78, 5) is 3.99. The largest absolute Gasteiger partial charge is 0.378 e. The first-order valence-corrected chi connectivity index (χ1v) is 5.73. The second-order valence-corrected chi connectivity index (χ2v) is 5.05. The van der Waals surface area contributed by atoms with Crippen LogP contribution >= 0.6 is 0 Å². The van der Waals surface area contributed by atoms with Crippen molar-refractivity contribution in [2.24, 2.45) is 0 Å². The van der Waals surface area contributed by atoms with Crippen LogP contribution in [-0.2, 0) is 12.1 Å². The molecule has 0 aromatic carbocycles. The Morgan fingerprint density at radius 3 is 2.53 bits per heavy atom. The van der Waals surface area contributed by atoms with Crippen molar-refractivity contribution in [2.45, 2.75) is 32.9 Å². The number of aromatic nitrogens is 3. The number of nitrogens with zero attached hydrogens (tertiary/aromatic N) is 3. The van der Waals surface area contributed by atoms with Crippen molar-refractivity contribution in [1.29, 1.82) is 0 Å². The van der Waals surface area contributed by atoms with E-state index in [1.807, 2.05) is 29.2 Å². The lowest BCUT2D eigenvalue weighted by atomic mass is 10.1. The van der Waals surface area contributed by atoms with Gasteiger partial charge in [0.15, 0.2) is 0 Å². The van der Waals surface area contributed by atoms with Crippen LogP contribution in [0.2, 0.25) is 0 Å². The minimum Gasteiger partial charge on any atom is -0.378 e. The number of rotatable bonds is 3. The van der Waals surface area contributed by atoms with E-state index in [0.29, 0.717) is 0 Å². The van der Waals surface area contributed by atoms with Gasteiger partial charge in [0.2, 0.25) is 0 Å². The highest BCUT2D eigenvalue weighted by Crippen LogP contribution is 2.16. The number of anilines is 1. The fourth-order valence-corrected chi connectivity index (χ4v) is 1.49. The lowest BCUT2D eigenvalue weighted by Crippen LogP contribution is -2.21. The Labute approximate surface area is 102 Å². The standard InChI is InChI=1S/C13H18N4/c1-13(2,3)17-10-12(9-16-17)15-8-11-4-6-14-7-5-11/h4-7,9-10,15H,8H2,1-3H3. The summed E-state index contributed by atoms with van der Waals surface area (Å²) in [5, 5.41) is 7.68. The zero-order chi connectivity index (χ0) is 12.3. The van der Waals surface area contributed by atoms with Gasteiger partial charge in [-0.2, -0.15) is 5.10 Å². The van der Waals surface area contributed by atoms with Gasteiger partial charge in [0.25, 0.3) is 0 Å². The highest BCUT2D eigenvalue weighted by atomic mass is 15.3. The van der Waals surface area contributed by atoms with E-state index in [4.69, 9.17) is 0 Å². The number of nitrogens with one attached hydrogen (secondary N) is 1. The summed E-state index contributed by atoms with van der Waals surface area (Å²) in [6.07, 6.45) is 7.48. The number of hydrogen-bond donors (Lipinski definition) is 1. The highest BCUT2D eigenvalue weighted by Gasteiger charge is 2.13. The van der Waals surface area contributed by atoms with E-state index in [2.05, 4.69) is 36.2 Å². The van der Waals surface area contributed by atoms with Gasteiger partial charge in [-0.3, -0.25) is 9.67 Å². The minimum absolute atomic E-state index is 0.0244. The molecule has 4 heteroatoms. The maximum absolute atomic E-state index is 4.34. The quantitative estimate of drug-likeness (QED) is 0.881. The smallest absolute Gasteiger partial charge is 0.0729 e. The Morgan fingerprint density at radius 2 is 1.94 bits per heavy atom. The Hall–Kier alpha value is -1.84. The van der Waals surface area contributed by atoms with Crippen molar-refractivity contribution in [2.75, 3.05) is 5.32 Å². The number of pyridine rings is 1. The van der Waals surface area contributed by atoms with Gasteiger partial charge in [0.05, 0.1) is 17.4 Å². The van der Waals surface area contributed by atoms with Crippen molar-refractivity contribution in [3.05, 3.63) is 42.5 Å². The van der Waals surface area contributed by atoms with Crippen LogP contribution in [0.25, 0.3) is 0 Å². The molecular formula is C13H18N4. The molecule has 0 saturated heterocycles. The molecule has 0 amide bonds. The van der Waals surface area contributed by atoms with E-state index < -0.39 is 0 Å². The average molecular weight is 230 g/mol. The van der Waals surface area contributed by atoms with Crippen LogP contribution in [0.1, 0.15) is 26.3 Å². The lowest BCUT2D eigenvalue weighted by molar-refractivity contribution is 0.355. The molecule has 0 saturated carbocycles. The molecule has 1 N–H and O–H groups in total. The topological polar surface area (TPSA) is 42.7 Å². The normalized spacial score (nSPS) is 11.5. The van der Waals surface area contributed by atoms with Gasteiger partial charge in [-0.15, -0.1) is 0 Å². The van der Waals surface area contributed by atoms with Gasteiger partial charge in [-0.1, -0.05) is 0 Å². The molecule has 0 aliphatic carbocycles. The molecule has 17 heavy (non-hydrogen) atoms. The third-order valence-electron chi connectivity index (χ3n) is 2.52. The van der Waals surface area contributed by atoms with Crippen LogP contribution in [0.5, 0.6) is 0 Å². The molecule has 0 aliphatic rings. The Bertz CT molecular complexity index is 468. The molecule has 2 rings (SSSR count). The highest BCUT2D eigenvalue weighted by molar-refractivity contribution is 5.39. The molecule has 0 aliphatic heterocycles. The summed E-state index contributed by atoms with van der Waals surface area (Å²) in [6.45, 7) is 7.18. The van der Waals surface area contributed by atoms with Crippen LogP contribution in [0.15, 0.2) is 36.9 Å². The fourth-order valence-electron chi connectivity index (χ4n) is 1.49. The molecule has 0 radical (unpaired) electrons. The summed E-state index contributed by atoms with van der Waals surface area (Å²) >= 11 is 0. The second-order valence-electron chi connectivity index (χ2n) is 5.05. The van der Waals surface area contributed by atoms with Crippen molar-refractivity contribution in [3.63, 3.8) is 0 Å². The molecule has 4 nitrogen and oxygen atoms in total. The van der Waals surface area contributed by atoms with Crippen LogP contribution in [-0.4, -0.2) is 14.8 Å². The Morgan fingerprint density at radius 1 is 1.24 bits per heavy atom. The molecule has 0 unspecified atom stereocenters. The first kappa shape index (κ1) is 11.6. The third-order valence-corrected chi connectivity index (χ3v) is 2.52. The molecule has 2 aromatic rings. The van der Waals surface area contributed by atoms with Crippen LogP contribution in [0.3, 0.4) is 0 Å². The van der Waals surface area contributed by atoms with E-state index in [0.717, 1.165) is 12.2 Å². The van der Waals surface area contributed by atoms with E-state index in [1.54, 1.807) is 12.4 Å². The SMILES string of the molecule is CC(C)(C)n1cc(NCc2ccncc2)cn1. The van der Waals surface area contributed by atoms with Gasteiger partial charge in [-0.05, 0) is 38.5 Å². The van der Waals surface area contributed by atoms with E-state index in [1.165, 1.54) is 5.56 Å². The van der Waals surface area contributed by atoms with Crippen molar-refractivity contribution >= 4 is 5.69 Å². The zero-order valence-electron chi connectivity index (χ0n) is 10.5. The second kappa shape index (κ2) is 4.57. The lowest BCUT2D eigenvalue weighted by Gasteiger charge is -2.18. The fraction of sp³-hybridized carbons (Fsp3) is 0.385. The Kier molecular flexibility index (Phi) is 3.13. The maximum atomic E-state index is 4.34. The van der Waals surface area contributed by atoms with E-state index in [9.17, 15) is 0 Å². The van der Waals surface area contributed by atoms with Gasteiger partial charge < -0.3 is 5.32 Å². The summed E-state index contributed by atoms with van der Waals surface area (Å²) in [6, 6.07) is 4.00. The predicted molar refractivity (Wildman–Crippen MR) is 68.8 cm³/mol. The molecule has 2 heterocycles. The van der Waals surface area contributed by atoms with Crippen molar-refractivity contribution in [3.8, 4) is 0 Å². The summed E-state index contributed by atoms with van der Waals surface area (Å²) in [5.41, 5.74) is 2.27. The first-order chi connectivity index (χ1) is 8.05. The molecule has 2 aromatic heterocycles. The molecule has 0 bridgehead atoms. The molecular weight excluding hydrogens is 212 g/mol. The molecule has 0 atom stereocenters. The predicted octanol–water partition coefficient (Wildman–Crippen LogP) is 2.65. The van der Waals surface area contributed by atoms with Gasteiger partial charge >= 0.3 is 0 Å². The van der Waals surface area contributed by atoms with E-state index >= 15 is 0 Å². The Balaban J connectivity index is 1.99. The van der Waals surface area contributed by atoms with Crippen LogP contribution in [0, 0.1) is 0 Å². The summed E-state index contributed by atoms with van der Waals surface area (Å²) in [7, 11) is 0. The van der Waals surface area contributed by atoms with Crippen LogP contribution < -0.4 is 5.32 Å². The monoisotopic (exact) mass is 230 g/mol. The molecule has 0 fully saturated rings. The third kappa shape index (κ3) is 3.06. The summed E-state index contributed by atoms with van der Waals surface area (Å²) in [5.74, 6) is 0. The number of hydrogen-bond acceptors (Lipinski definition) is 3. The van der Waals surface area contributed by atoms with E-state index in [-0.39, 0.29) is 5.54 Å². The molecule has 90 valence electrons. The zero-order valence-corrected chi connectivity index (χ0v) is 10.5. The minimum atomic E-state index is 0.0244. The molecule has 0 spiro atoms. The van der Waals surface area contributed by atoms with Crippen molar-refractivity contribution in [1.82, 2.24) is 14.8 Å². The maximum Gasteiger partial charge on any atom is 0.0729 e. The average Bonchev–Trinajstić information content (AvgIpc) is 2.76. The van der Waals surface area contributed by atoms with Gasteiger partial charge in [0.1, 0.15) is 0 Å². The van der Waals surface area contributed by atoms with Gasteiger partial charge in [0, 0.05) is 25.1 Å². The van der Waals surface area contributed by atoms with Crippen LogP contribution in [0.4, 0.5) is 5.69 Å². The first-order valence-electron chi connectivity index (χ1n) is 5.73.